The summed E-state index contributed by atoms with van der Waals surface area (Å²) in [5.41, 5.74) is 6.57. The highest BCUT2D eigenvalue weighted by molar-refractivity contribution is 8.01. The van der Waals surface area contributed by atoms with E-state index in [-0.39, 0.29) is 17.2 Å². The quantitative estimate of drug-likeness (QED) is 0.832. The number of nitrogens with two attached hydrogens (primary N) is 1. The monoisotopic (exact) mass is 374 g/mol. The predicted octanol–water partition coefficient (Wildman–Crippen LogP) is 3.21. The minimum Gasteiger partial charge on any atom is -0.374 e. The Morgan fingerprint density at radius 1 is 1.25 bits per heavy atom. The van der Waals surface area contributed by atoms with Gasteiger partial charge in [0.05, 0.1) is 22.7 Å². The molecule has 0 bridgehead atoms. The molecule has 4 rings (SSSR count). The molecule has 2 atom stereocenters. The van der Waals surface area contributed by atoms with Gasteiger partial charge in [-0.15, -0.1) is 22.0 Å². The number of hydrogen-bond acceptors (Lipinski definition) is 7. The van der Waals surface area contributed by atoms with Crippen molar-refractivity contribution >= 4 is 51.6 Å². The Kier molecular flexibility index (Phi) is 4.34. The van der Waals surface area contributed by atoms with Crippen LogP contribution in [0.25, 0.3) is 0 Å². The topological polar surface area (TPSA) is 72.1 Å². The van der Waals surface area contributed by atoms with Crippen molar-refractivity contribution in [1.29, 1.82) is 0 Å². The van der Waals surface area contributed by atoms with Gasteiger partial charge in [0.15, 0.2) is 4.34 Å². The van der Waals surface area contributed by atoms with Gasteiger partial charge in [-0.3, -0.25) is 4.79 Å². The fraction of sp³-hybridized carbons (Fsp3) is 0.188. The number of benzene rings is 1. The number of nitrogen functional groups attached to an aromatic ring is 1. The summed E-state index contributed by atoms with van der Waals surface area (Å²) in [6.45, 7) is 0. The molecule has 0 spiro atoms. The molecule has 122 valence electrons. The van der Waals surface area contributed by atoms with Crippen LogP contribution in [0.2, 0.25) is 0 Å². The van der Waals surface area contributed by atoms with E-state index in [1.54, 1.807) is 11.8 Å². The number of allylic oxidation sites excluding steroid dienone is 2. The Labute approximate surface area is 152 Å². The minimum absolute atomic E-state index is 0.0440. The number of aromatic nitrogens is 2. The molecule has 8 heteroatoms. The molecule has 0 saturated carbocycles. The maximum atomic E-state index is 13.0. The largest absolute Gasteiger partial charge is 0.374 e. The number of fused-ring (bicyclic) bond motifs is 2. The summed E-state index contributed by atoms with van der Waals surface area (Å²) in [7, 11) is 0. The lowest BCUT2D eigenvalue weighted by molar-refractivity contribution is -0.116. The number of hydrogen-bond donors (Lipinski definition) is 1. The van der Waals surface area contributed by atoms with E-state index in [9.17, 15) is 4.79 Å². The molecule has 2 aliphatic rings. The number of nitrogens with zero attached hydrogens (tertiary/aromatic N) is 3. The molecule has 2 N–H and O–H groups in total. The fourth-order valence-electron chi connectivity index (χ4n) is 2.75. The average Bonchev–Trinajstić information content (AvgIpc) is 3.03. The first-order chi connectivity index (χ1) is 11.7. The van der Waals surface area contributed by atoms with Crippen LogP contribution in [-0.2, 0) is 4.79 Å². The lowest BCUT2D eigenvalue weighted by Gasteiger charge is -2.40. The Balaban J connectivity index is 1.60. The zero-order valence-electron chi connectivity index (χ0n) is 12.5. The van der Waals surface area contributed by atoms with E-state index in [4.69, 9.17) is 5.73 Å². The smallest absolute Gasteiger partial charge is 0.238 e. The molecule has 1 aromatic heterocycles. The van der Waals surface area contributed by atoms with Gasteiger partial charge in [0.1, 0.15) is 0 Å². The minimum atomic E-state index is 0.0440. The summed E-state index contributed by atoms with van der Waals surface area (Å²) in [5.74, 6) is 0.380. The summed E-state index contributed by atoms with van der Waals surface area (Å²) in [6, 6.07) is 8.11. The SMILES string of the molecule is Nc1nnc(SCC(=O)N2c3ccccc3S[C@H]3C=CC=C[C@@H]32)s1. The van der Waals surface area contributed by atoms with E-state index in [0.717, 1.165) is 14.9 Å². The molecular formula is C16H14N4OS3. The van der Waals surface area contributed by atoms with Crippen LogP contribution in [0.5, 0.6) is 0 Å². The highest BCUT2D eigenvalue weighted by atomic mass is 32.2. The van der Waals surface area contributed by atoms with E-state index in [1.165, 1.54) is 23.1 Å². The number of carbonyl (C=O) groups is 1. The van der Waals surface area contributed by atoms with Gasteiger partial charge in [0, 0.05) is 4.90 Å². The van der Waals surface area contributed by atoms with E-state index in [0.29, 0.717) is 10.9 Å². The first-order valence-corrected chi connectivity index (χ1v) is 10.0. The van der Waals surface area contributed by atoms with Gasteiger partial charge in [-0.05, 0) is 12.1 Å². The Hall–Kier alpha value is -1.77. The highest BCUT2D eigenvalue weighted by Gasteiger charge is 2.36. The van der Waals surface area contributed by atoms with E-state index in [1.807, 2.05) is 35.3 Å². The molecule has 2 heterocycles. The number of thioether (sulfide) groups is 2. The first-order valence-electron chi connectivity index (χ1n) is 7.37. The van der Waals surface area contributed by atoms with Crippen LogP contribution < -0.4 is 10.6 Å². The van der Waals surface area contributed by atoms with E-state index in [2.05, 4.69) is 28.4 Å². The predicted molar refractivity (Wildman–Crippen MR) is 101 cm³/mol. The number of anilines is 2. The Morgan fingerprint density at radius 2 is 2.08 bits per heavy atom. The molecular weight excluding hydrogens is 360 g/mol. The lowest BCUT2D eigenvalue weighted by Crippen LogP contribution is -2.48. The summed E-state index contributed by atoms with van der Waals surface area (Å²) >= 11 is 4.49. The number of amides is 1. The van der Waals surface area contributed by atoms with Crippen molar-refractivity contribution in [3.8, 4) is 0 Å². The van der Waals surface area contributed by atoms with E-state index < -0.39 is 0 Å². The van der Waals surface area contributed by atoms with Crippen LogP contribution in [0.15, 0.2) is 57.8 Å². The molecule has 2 aromatic rings. The van der Waals surface area contributed by atoms with Crippen LogP contribution in [0, 0.1) is 0 Å². The van der Waals surface area contributed by atoms with Gasteiger partial charge in [-0.2, -0.15) is 0 Å². The molecule has 5 nitrogen and oxygen atoms in total. The van der Waals surface area contributed by atoms with Crippen molar-refractivity contribution in [1.82, 2.24) is 10.2 Å². The third-order valence-corrected chi connectivity index (χ3v) is 6.93. The zero-order chi connectivity index (χ0) is 16.5. The molecule has 0 unspecified atom stereocenters. The van der Waals surface area contributed by atoms with Gasteiger partial charge in [-0.1, -0.05) is 59.5 Å². The van der Waals surface area contributed by atoms with Crippen LogP contribution in [-0.4, -0.2) is 33.1 Å². The van der Waals surface area contributed by atoms with Crippen molar-refractivity contribution in [3.63, 3.8) is 0 Å². The van der Waals surface area contributed by atoms with Crippen molar-refractivity contribution in [2.75, 3.05) is 16.4 Å². The molecule has 1 aliphatic heterocycles. The normalized spacial score (nSPS) is 21.4. The van der Waals surface area contributed by atoms with Crippen LogP contribution in [0.3, 0.4) is 0 Å². The number of rotatable bonds is 3. The molecule has 1 aromatic carbocycles. The Morgan fingerprint density at radius 3 is 2.92 bits per heavy atom. The summed E-state index contributed by atoms with van der Waals surface area (Å²) in [4.78, 5) is 16.0. The van der Waals surface area contributed by atoms with Crippen molar-refractivity contribution in [3.05, 3.63) is 48.6 Å². The van der Waals surface area contributed by atoms with Gasteiger partial charge >= 0.3 is 0 Å². The maximum Gasteiger partial charge on any atom is 0.238 e. The number of para-hydroxylation sites is 1. The van der Waals surface area contributed by atoms with Gasteiger partial charge < -0.3 is 10.6 Å². The highest BCUT2D eigenvalue weighted by Crippen LogP contribution is 2.43. The zero-order valence-corrected chi connectivity index (χ0v) is 15.0. The van der Waals surface area contributed by atoms with Gasteiger partial charge in [0.2, 0.25) is 11.0 Å². The second-order valence-corrected chi connectivity index (χ2v) is 8.72. The Bertz CT molecular complexity index is 832. The number of carbonyl (C=O) groups excluding carboxylic acids is 1. The maximum absolute atomic E-state index is 13.0. The van der Waals surface area contributed by atoms with Crippen molar-refractivity contribution < 1.29 is 4.79 Å². The summed E-state index contributed by atoms with van der Waals surface area (Å²) in [6.07, 6.45) is 8.31. The van der Waals surface area contributed by atoms with Gasteiger partial charge in [-0.25, -0.2) is 0 Å². The molecule has 1 amide bonds. The van der Waals surface area contributed by atoms with Crippen LogP contribution in [0.4, 0.5) is 10.8 Å². The van der Waals surface area contributed by atoms with Crippen molar-refractivity contribution in [2.45, 2.75) is 20.5 Å². The molecule has 0 radical (unpaired) electrons. The molecule has 1 aliphatic carbocycles. The standard InChI is InChI=1S/C16H14N4OS3/c17-15-18-19-16(24-15)22-9-14(21)20-10-5-1-3-7-12(10)23-13-8-4-2-6-11(13)20/h1-8,10,12H,9H2,(H2,17,18)/t10-,12-/m0/s1. The molecule has 0 fully saturated rings. The summed E-state index contributed by atoms with van der Waals surface area (Å²) < 4.78 is 0.719. The van der Waals surface area contributed by atoms with Crippen molar-refractivity contribution in [2.24, 2.45) is 0 Å². The summed E-state index contributed by atoms with van der Waals surface area (Å²) in [5, 5.41) is 8.42. The molecule has 0 saturated heterocycles. The second-order valence-electron chi connectivity index (χ2n) is 5.27. The van der Waals surface area contributed by atoms with Crippen LogP contribution >= 0.6 is 34.9 Å². The van der Waals surface area contributed by atoms with E-state index >= 15 is 0 Å². The third kappa shape index (κ3) is 2.97. The molecule has 24 heavy (non-hydrogen) atoms. The second kappa shape index (κ2) is 6.62. The fourth-order valence-corrected chi connectivity index (χ4v) is 5.51. The average molecular weight is 375 g/mol. The van der Waals surface area contributed by atoms with Crippen LogP contribution in [0.1, 0.15) is 0 Å². The van der Waals surface area contributed by atoms with Gasteiger partial charge in [0.25, 0.3) is 0 Å². The third-order valence-electron chi connectivity index (χ3n) is 3.75. The first kappa shape index (κ1) is 15.7. The lowest BCUT2D eigenvalue weighted by atomic mass is 10.0.